The minimum absolute atomic E-state index is 0.0333. The number of carbonyl (C=O) groups excluding carboxylic acids is 1. The predicted molar refractivity (Wildman–Crippen MR) is 64.8 cm³/mol. The van der Waals surface area contributed by atoms with E-state index in [-0.39, 0.29) is 5.91 Å². The zero-order valence-electron chi connectivity index (χ0n) is 8.96. The largest absolute Gasteiger partial charge is 0.272 e. The Labute approximate surface area is 98.5 Å². The van der Waals surface area contributed by atoms with Crippen LogP contribution in [-0.2, 0) is 0 Å². The molecule has 2 aromatic rings. The second kappa shape index (κ2) is 4.99. The summed E-state index contributed by atoms with van der Waals surface area (Å²) in [6.45, 7) is 2.07. The van der Waals surface area contributed by atoms with Crippen molar-refractivity contribution in [3.05, 3.63) is 48.5 Å². The van der Waals surface area contributed by atoms with E-state index >= 15 is 0 Å². The SMILES string of the molecule is CCSc1ccccc1C(=O)n1ccnc1. The molecule has 0 saturated heterocycles. The highest BCUT2D eigenvalue weighted by molar-refractivity contribution is 7.99. The highest BCUT2D eigenvalue weighted by Crippen LogP contribution is 2.22. The second-order valence-electron chi connectivity index (χ2n) is 3.20. The molecule has 1 heterocycles. The van der Waals surface area contributed by atoms with E-state index in [1.165, 1.54) is 10.9 Å². The van der Waals surface area contributed by atoms with Gasteiger partial charge in [-0.3, -0.25) is 9.36 Å². The minimum atomic E-state index is -0.0333. The summed E-state index contributed by atoms with van der Waals surface area (Å²) in [4.78, 5) is 17.0. The van der Waals surface area contributed by atoms with Crippen LogP contribution in [-0.4, -0.2) is 21.2 Å². The molecule has 82 valence electrons. The van der Waals surface area contributed by atoms with Gasteiger partial charge in [-0.1, -0.05) is 19.1 Å². The quantitative estimate of drug-likeness (QED) is 0.763. The first-order valence-corrected chi connectivity index (χ1v) is 6.06. The molecule has 4 heteroatoms. The molecule has 0 amide bonds. The van der Waals surface area contributed by atoms with Crippen molar-refractivity contribution in [1.29, 1.82) is 0 Å². The number of benzene rings is 1. The third-order valence-corrected chi connectivity index (χ3v) is 3.11. The van der Waals surface area contributed by atoms with E-state index in [1.54, 1.807) is 24.2 Å². The third kappa shape index (κ3) is 2.17. The fraction of sp³-hybridized carbons (Fsp3) is 0.167. The van der Waals surface area contributed by atoms with Gasteiger partial charge in [-0.15, -0.1) is 11.8 Å². The molecular weight excluding hydrogens is 220 g/mol. The number of hydrogen-bond acceptors (Lipinski definition) is 3. The topological polar surface area (TPSA) is 34.9 Å². The van der Waals surface area contributed by atoms with Crippen molar-refractivity contribution in [2.45, 2.75) is 11.8 Å². The van der Waals surface area contributed by atoms with Crippen LogP contribution in [0.2, 0.25) is 0 Å². The lowest BCUT2D eigenvalue weighted by molar-refractivity contribution is 0.0957. The van der Waals surface area contributed by atoms with E-state index in [2.05, 4.69) is 11.9 Å². The van der Waals surface area contributed by atoms with Crippen LogP contribution in [0.5, 0.6) is 0 Å². The normalized spacial score (nSPS) is 10.3. The van der Waals surface area contributed by atoms with E-state index in [4.69, 9.17) is 0 Å². The molecule has 1 aromatic carbocycles. The lowest BCUT2D eigenvalue weighted by Crippen LogP contribution is -2.10. The van der Waals surface area contributed by atoms with Crippen LogP contribution < -0.4 is 0 Å². The van der Waals surface area contributed by atoms with E-state index in [0.29, 0.717) is 0 Å². The van der Waals surface area contributed by atoms with Crippen molar-refractivity contribution < 1.29 is 4.79 Å². The van der Waals surface area contributed by atoms with Gasteiger partial charge in [0.1, 0.15) is 6.33 Å². The van der Waals surface area contributed by atoms with Gasteiger partial charge in [-0.05, 0) is 17.9 Å². The minimum Gasteiger partial charge on any atom is -0.272 e. The number of aromatic nitrogens is 2. The number of imidazole rings is 1. The van der Waals surface area contributed by atoms with Crippen LogP contribution in [0.15, 0.2) is 47.9 Å². The summed E-state index contributed by atoms with van der Waals surface area (Å²) < 4.78 is 1.50. The summed E-state index contributed by atoms with van der Waals surface area (Å²) in [5, 5.41) is 0. The van der Waals surface area contributed by atoms with Crippen molar-refractivity contribution in [3.8, 4) is 0 Å². The molecular formula is C12H12N2OS. The first-order valence-electron chi connectivity index (χ1n) is 5.07. The van der Waals surface area contributed by atoms with Gasteiger partial charge < -0.3 is 0 Å². The first-order chi connectivity index (χ1) is 7.83. The van der Waals surface area contributed by atoms with Gasteiger partial charge in [-0.2, -0.15) is 0 Å². The summed E-state index contributed by atoms with van der Waals surface area (Å²) in [6.07, 6.45) is 4.79. The summed E-state index contributed by atoms with van der Waals surface area (Å²) in [5.74, 6) is 0.919. The van der Waals surface area contributed by atoms with Crippen molar-refractivity contribution in [1.82, 2.24) is 9.55 Å². The number of hydrogen-bond donors (Lipinski definition) is 0. The molecule has 0 aliphatic rings. The zero-order valence-corrected chi connectivity index (χ0v) is 9.78. The summed E-state index contributed by atoms with van der Waals surface area (Å²) in [6, 6.07) is 7.64. The maximum absolute atomic E-state index is 12.1. The standard InChI is InChI=1S/C12H12N2OS/c1-2-16-11-6-4-3-5-10(11)12(15)14-8-7-13-9-14/h3-9H,2H2,1H3. The van der Waals surface area contributed by atoms with Gasteiger partial charge in [0.25, 0.3) is 5.91 Å². The molecule has 16 heavy (non-hydrogen) atoms. The highest BCUT2D eigenvalue weighted by atomic mass is 32.2. The average Bonchev–Trinajstić information content (AvgIpc) is 2.83. The van der Waals surface area contributed by atoms with Crippen LogP contribution in [0.1, 0.15) is 17.3 Å². The first kappa shape index (κ1) is 11.0. The molecule has 0 saturated carbocycles. The number of carbonyl (C=O) groups is 1. The van der Waals surface area contributed by atoms with Crippen LogP contribution in [0.3, 0.4) is 0 Å². The predicted octanol–water partition coefficient (Wildman–Crippen LogP) is 2.68. The van der Waals surface area contributed by atoms with Gasteiger partial charge in [0.2, 0.25) is 0 Å². The van der Waals surface area contributed by atoms with E-state index < -0.39 is 0 Å². The van der Waals surface area contributed by atoms with Gasteiger partial charge in [0.15, 0.2) is 0 Å². The Bertz CT molecular complexity index is 480. The Morgan fingerprint density at radius 2 is 2.25 bits per heavy atom. The molecule has 0 bridgehead atoms. The van der Waals surface area contributed by atoms with Crippen LogP contribution in [0.25, 0.3) is 0 Å². The molecule has 0 aliphatic carbocycles. The molecule has 0 radical (unpaired) electrons. The zero-order chi connectivity index (χ0) is 11.4. The summed E-state index contributed by atoms with van der Waals surface area (Å²) >= 11 is 1.67. The van der Waals surface area contributed by atoms with E-state index in [1.807, 2.05) is 24.3 Å². The molecule has 3 nitrogen and oxygen atoms in total. The molecule has 0 spiro atoms. The van der Waals surface area contributed by atoms with Gasteiger partial charge in [0.05, 0.1) is 5.56 Å². The third-order valence-electron chi connectivity index (χ3n) is 2.16. The fourth-order valence-corrected chi connectivity index (χ4v) is 2.24. The number of rotatable bonds is 3. The second-order valence-corrected chi connectivity index (χ2v) is 4.51. The fourth-order valence-electron chi connectivity index (χ4n) is 1.44. The lowest BCUT2D eigenvalue weighted by Gasteiger charge is -2.06. The molecule has 1 aromatic heterocycles. The monoisotopic (exact) mass is 232 g/mol. The summed E-state index contributed by atoms with van der Waals surface area (Å²) in [5.41, 5.74) is 0.729. The number of nitrogens with zero attached hydrogens (tertiary/aromatic N) is 2. The van der Waals surface area contributed by atoms with Crippen LogP contribution in [0, 0.1) is 0 Å². The number of thioether (sulfide) groups is 1. The van der Waals surface area contributed by atoms with Crippen molar-refractivity contribution in [2.24, 2.45) is 0 Å². The lowest BCUT2D eigenvalue weighted by atomic mass is 10.2. The maximum atomic E-state index is 12.1. The van der Waals surface area contributed by atoms with Crippen LogP contribution in [0.4, 0.5) is 0 Å². The molecule has 0 N–H and O–H groups in total. The molecule has 0 unspecified atom stereocenters. The van der Waals surface area contributed by atoms with Gasteiger partial charge in [0, 0.05) is 17.3 Å². The molecule has 0 atom stereocenters. The van der Waals surface area contributed by atoms with Crippen molar-refractivity contribution in [3.63, 3.8) is 0 Å². The smallest absolute Gasteiger partial charge is 0.264 e. The molecule has 0 fully saturated rings. The van der Waals surface area contributed by atoms with Gasteiger partial charge in [-0.25, -0.2) is 4.98 Å². The Balaban J connectivity index is 2.36. The molecule has 2 rings (SSSR count). The van der Waals surface area contributed by atoms with E-state index in [0.717, 1.165) is 16.2 Å². The van der Waals surface area contributed by atoms with Crippen molar-refractivity contribution >= 4 is 17.7 Å². The summed E-state index contributed by atoms with van der Waals surface area (Å²) in [7, 11) is 0. The van der Waals surface area contributed by atoms with E-state index in [9.17, 15) is 4.79 Å². The molecule has 0 aliphatic heterocycles. The van der Waals surface area contributed by atoms with Gasteiger partial charge >= 0.3 is 0 Å². The Hall–Kier alpha value is -1.55. The average molecular weight is 232 g/mol. The Morgan fingerprint density at radius 1 is 1.44 bits per heavy atom. The Kier molecular flexibility index (Phi) is 3.41. The Morgan fingerprint density at radius 3 is 2.94 bits per heavy atom. The highest BCUT2D eigenvalue weighted by Gasteiger charge is 2.11. The van der Waals surface area contributed by atoms with Crippen LogP contribution >= 0.6 is 11.8 Å². The van der Waals surface area contributed by atoms with Crippen molar-refractivity contribution in [2.75, 3.05) is 5.75 Å². The maximum Gasteiger partial charge on any atom is 0.264 e.